The van der Waals surface area contributed by atoms with E-state index < -0.39 is 0 Å². The Morgan fingerprint density at radius 3 is 2.54 bits per heavy atom. The minimum atomic E-state index is -0.226. The van der Waals surface area contributed by atoms with E-state index in [-0.39, 0.29) is 11.8 Å². The van der Waals surface area contributed by atoms with Crippen LogP contribution >= 0.6 is 0 Å². The Hall–Kier alpha value is -2.57. The Balaban J connectivity index is 2.38. The van der Waals surface area contributed by atoms with Crippen LogP contribution in [0.3, 0.4) is 0 Å². The number of aryl methyl sites for hydroxylation is 2. The minimum Gasteiger partial charge on any atom is -0.354 e. The van der Waals surface area contributed by atoms with Gasteiger partial charge in [0.05, 0.1) is 0 Å². The molecule has 0 saturated carbocycles. The summed E-state index contributed by atoms with van der Waals surface area (Å²) in [5.41, 5.74) is 2.20. The molecule has 2 N–H and O–H groups in total. The van der Waals surface area contributed by atoms with Crippen molar-refractivity contribution in [2.75, 3.05) is 12.4 Å². The van der Waals surface area contributed by atoms with Crippen molar-refractivity contribution in [1.82, 2.24) is 25.5 Å². The van der Waals surface area contributed by atoms with Gasteiger partial charge in [-0.1, -0.05) is 20.8 Å². The fourth-order valence-corrected chi connectivity index (χ4v) is 2.36. The van der Waals surface area contributed by atoms with Crippen LogP contribution in [0, 0.1) is 6.92 Å². The summed E-state index contributed by atoms with van der Waals surface area (Å²) in [7, 11) is 1.59. The predicted octanol–water partition coefficient (Wildman–Crippen LogP) is 2.75. The highest BCUT2D eigenvalue weighted by atomic mass is 16.1. The number of carbonyl (C=O) groups is 1. The van der Waals surface area contributed by atoms with Crippen LogP contribution in [0.15, 0.2) is 12.1 Å². The van der Waals surface area contributed by atoms with E-state index in [1.54, 1.807) is 7.05 Å². The fraction of sp³-hybridized carbons (Fsp3) is 0.471. The summed E-state index contributed by atoms with van der Waals surface area (Å²) in [5, 5.41) is 14.0. The first-order valence-corrected chi connectivity index (χ1v) is 8.19. The molecule has 0 radical (unpaired) electrons. The van der Waals surface area contributed by atoms with Crippen molar-refractivity contribution in [2.45, 2.75) is 46.5 Å². The van der Waals surface area contributed by atoms with E-state index in [9.17, 15) is 4.79 Å². The molecule has 2 aromatic heterocycles. The van der Waals surface area contributed by atoms with Crippen molar-refractivity contribution < 1.29 is 4.79 Å². The molecular formula is C17H24N6O. The van der Waals surface area contributed by atoms with Gasteiger partial charge in [-0.25, -0.2) is 9.97 Å². The molecule has 24 heavy (non-hydrogen) atoms. The van der Waals surface area contributed by atoms with Crippen molar-refractivity contribution in [2.24, 2.45) is 0 Å². The molecule has 1 unspecified atom stereocenters. The van der Waals surface area contributed by atoms with Gasteiger partial charge in [0.1, 0.15) is 11.6 Å². The highest BCUT2D eigenvalue weighted by Crippen LogP contribution is 2.24. The third-order valence-electron chi connectivity index (χ3n) is 3.92. The van der Waals surface area contributed by atoms with Crippen LogP contribution in [0.1, 0.15) is 60.7 Å². The van der Waals surface area contributed by atoms with Gasteiger partial charge in [-0.15, -0.1) is 10.2 Å². The summed E-state index contributed by atoms with van der Waals surface area (Å²) >= 11 is 0. The number of nitrogens with zero attached hydrogens (tertiary/aromatic N) is 4. The molecule has 128 valence electrons. The largest absolute Gasteiger partial charge is 0.354 e. The summed E-state index contributed by atoms with van der Waals surface area (Å²) < 4.78 is 0. The second-order valence-electron chi connectivity index (χ2n) is 5.69. The average Bonchev–Trinajstić information content (AvgIpc) is 2.59. The summed E-state index contributed by atoms with van der Waals surface area (Å²) in [4.78, 5) is 20.7. The van der Waals surface area contributed by atoms with Crippen molar-refractivity contribution in [3.8, 4) is 0 Å². The monoisotopic (exact) mass is 328 g/mol. The predicted molar refractivity (Wildman–Crippen MR) is 93.6 cm³/mol. The van der Waals surface area contributed by atoms with E-state index in [0.29, 0.717) is 23.2 Å². The third kappa shape index (κ3) is 4.04. The van der Waals surface area contributed by atoms with Crippen molar-refractivity contribution in [1.29, 1.82) is 0 Å². The van der Waals surface area contributed by atoms with E-state index in [0.717, 1.165) is 24.1 Å². The molecule has 2 rings (SSSR count). The number of aromatic nitrogens is 4. The van der Waals surface area contributed by atoms with Gasteiger partial charge in [0, 0.05) is 18.8 Å². The first kappa shape index (κ1) is 17.8. The zero-order valence-electron chi connectivity index (χ0n) is 14.8. The minimum absolute atomic E-state index is 0.201. The van der Waals surface area contributed by atoms with Crippen molar-refractivity contribution >= 4 is 17.5 Å². The van der Waals surface area contributed by atoms with Crippen LogP contribution < -0.4 is 10.6 Å². The number of carbonyl (C=O) groups excluding carboxylic acids is 1. The molecule has 2 heterocycles. The number of anilines is 2. The Kier molecular flexibility index (Phi) is 5.78. The second-order valence-corrected chi connectivity index (χ2v) is 5.69. The molecule has 0 saturated heterocycles. The van der Waals surface area contributed by atoms with Crippen molar-refractivity contribution in [3.05, 3.63) is 34.9 Å². The topological polar surface area (TPSA) is 92.7 Å². The fourth-order valence-electron chi connectivity index (χ4n) is 2.36. The molecule has 0 spiro atoms. The Morgan fingerprint density at radius 2 is 1.92 bits per heavy atom. The molecule has 0 bridgehead atoms. The average molecular weight is 328 g/mol. The van der Waals surface area contributed by atoms with Crippen LogP contribution in [0.2, 0.25) is 0 Å². The van der Waals surface area contributed by atoms with Crippen molar-refractivity contribution in [3.63, 3.8) is 0 Å². The number of nitrogens with one attached hydrogen (secondary N) is 2. The Labute approximate surface area is 142 Å². The molecule has 0 aliphatic heterocycles. The normalized spacial score (nSPS) is 11.9. The SMILES string of the molecule is CCc1cc(Nc2cc(C(C)CC)c(C(=O)NC)nn2)nc(C)n1. The first-order valence-electron chi connectivity index (χ1n) is 8.19. The smallest absolute Gasteiger partial charge is 0.271 e. The number of rotatable bonds is 6. The number of hydrogen-bond acceptors (Lipinski definition) is 6. The summed E-state index contributed by atoms with van der Waals surface area (Å²) in [5.74, 6) is 1.92. The molecule has 1 atom stereocenters. The first-order chi connectivity index (χ1) is 11.5. The molecule has 7 nitrogen and oxygen atoms in total. The quantitative estimate of drug-likeness (QED) is 0.847. The lowest BCUT2D eigenvalue weighted by molar-refractivity contribution is 0.0955. The van der Waals surface area contributed by atoms with Gasteiger partial charge in [0.2, 0.25) is 0 Å². The third-order valence-corrected chi connectivity index (χ3v) is 3.92. The van der Waals surface area contributed by atoms with Gasteiger partial charge >= 0.3 is 0 Å². The molecule has 0 aliphatic carbocycles. The van der Waals surface area contributed by atoms with E-state index >= 15 is 0 Å². The lowest BCUT2D eigenvalue weighted by atomic mass is 9.97. The van der Waals surface area contributed by atoms with Crippen LogP contribution in [0.4, 0.5) is 11.6 Å². The van der Waals surface area contributed by atoms with E-state index in [1.165, 1.54) is 0 Å². The lowest BCUT2D eigenvalue weighted by Gasteiger charge is -2.14. The molecule has 7 heteroatoms. The van der Waals surface area contributed by atoms with Gasteiger partial charge in [0.25, 0.3) is 5.91 Å². The van der Waals surface area contributed by atoms with Crippen LogP contribution in [0.5, 0.6) is 0 Å². The maximum atomic E-state index is 12.0. The maximum absolute atomic E-state index is 12.0. The molecule has 0 aliphatic rings. The van der Waals surface area contributed by atoms with E-state index in [2.05, 4.69) is 44.6 Å². The maximum Gasteiger partial charge on any atom is 0.271 e. The molecule has 0 fully saturated rings. The molecule has 0 aromatic carbocycles. The Morgan fingerprint density at radius 1 is 1.17 bits per heavy atom. The zero-order chi connectivity index (χ0) is 17.7. The highest BCUT2D eigenvalue weighted by molar-refractivity contribution is 5.93. The van der Waals surface area contributed by atoms with Gasteiger partial charge in [-0.3, -0.25) is 4.79 Å². The molecule has 2 aromatic rings. The van der Waals surface area contributed by atoms with Crippen LogP contribution in [-0.2, 0) is 6.42 Å². The second kappa shape index (κ2) is 7.81. The zero-order valence-corrected chi connectivity index (χ0v) is 14.8. The summed E-state index contributed by atoms with van der Waals surface area (Å²) in [6.45, 7) is 8.05. The molecule has 1 amide bonds. The summed E-state index contributed by atoms with van der Waals surface area (Å²) in [6, 6.07) is 3.76. The number of hydrogen-bond donors (Lipinski definition) is 2. The number of amides is 1. The van der Waals surface area contributed by atoms with Crippen LogP contribution in [0.25, 0.3) is 0 Å². The van der Waals surface area contributed by atoms with E-state index in [4.69, 9.17) is 0 Å². The standard InChI is InChI=1S/C17H24N6O/c1-6-10(3)13-9-15(22-23-16(13)17(24)18-5)21-14-8-12(7-2)19-11(4)20-14/h8-10H,6-7H2,1-5H3,(H,18,24)(H,19,20,21,22). The molecular weight excluding hydrogens is 304 g/mol. The van der Waals surface area contributed by atoms with Crippen LogP contribution in [-0.4, -0.2) is 33.1 Å². The van der Waals surface area contributed by atoms with Gasteiger partial charge in [0.15, 0.2) is 11.5 Å². The summed E-state index contributed by atoms with van der Waals surface area (Å²) in [6.07, 6.45) is 1.74. The lowest BCUT2D eigenvalue weighted by Crippen LogP contribution is -2.22. The van der Waals surface area contributed by atoms with Gasteiger partial charge < -0.3 is 10.6 Å². The highest BCUT2D eigenvalue weighted by Gasteiger charge is 2.18. The van der Waals surface area contributed by atoms with Gasteiger partial charge in [-0.2, -0.15) is 0 Å². The van der Waals surface area contributed by atoms with Gasteiger partial charge in [-0.05, 0) is 37.3 Å². The Bertz CT molecular complexity index is 731. The van der Waals surface area contributed by atoms with E-state index in [1.807, 2.05) is 26.0 Å².